The van der Waals surface area contributed by atoms with Gasteiger partial charge >= 0.3 is 0 Å². The summed E-state index contributed by atoms with van der Waals surface area (Å²) in [6.07, 6.45) is 2.93. The van der Waals surface area contributed by atoms with Gasteiger partial charge in [-0.25, -0.2) is 8.42 Å². The molecule has 0 atom stereocenters. The molecule has 0 saturated heterocycles. The van der Waals surface area contributed by atoms with Crippen LogP contribution in [0.5, 0.6) is 11.5 Å². The summed E-state index contributed by atoms with van der Waals surface area (Å²) in [7, 11) is -3.36. The van der Waals surface area contributed by atoms with E-state index >= 15 is 0 Å². The van der Waals surface area contributed by atoms with Crippen molar-refractivity contribution in [2.45, 2.75) is 29.8 Å². The number of sulfone groups is 1. The van der Waals surface area contributed by atoms with E-state index in [1.807, 2.05) is 0 Å². The lowest BCUT2D eigenvalue weighted by molar-refractivity contribution is 0.149. The molecule has 0 unspecified atom stereocenters. The molecular formula is C13H16O5S. The zero-order valence-electron chi connectivity index (χ0n) is 10.7. The van der Waals surface area contributed by atoms with Crippen molar-refractivity contribution in [3.63, 3.8) is 0 Å². The van der Waals surface area contributed by atoms with Gasteiger partial charge in [0.2, 0.25) is 0 Å². The molecule has 0 radical (unpaired) electrons. The molecular weight excluding hydrogens is 268 g/mol. The summed E-state index contributed by atoms with van der Waals surface area (Å²) in [6, 6.07) is 3.19. The Hall–Kier alpha value is -1.27. The van der Waals surface area contributed by atoms with Crippen LogP contribution in [0.3, 0.4) is 0 Å². The van der Waals surface area contributed by atoms with Crippen LogP contribution in [-0.4, -0.2) is 38.6 Å². The van der Waals surface area contributed by atoms with E-state index < -0.39 is 15.4 Å². The summed E-state index contributed by atoms with van der Waals surface area (Å²) in [6.45, 7) is 0.869. The molecule has 1 aromatic carbocycles. The van der Waals surface area contributed by atoms with Crippen molar-refractivity contribution in [1.82, 2.24) is 0 Å². The Morgan fingerprint density at radius 3 is 2.32 bits per heavy atom. The molecule has 1 saturated carbocycles. The average molecular weight is 284 g/mol. The first-order chi connectivity index (χ1) is 8.87. The van der Waals surface area contributed by atoms with Crippen LogP contribution in [0.4, 0.5) is 0 Å². The van der Waals surface area contributed by atoms with E-state index in [0.717, 1.165) is 0 Å². The van der Waals surface area contributed by atoms with Gasteiger partial charge in [0.1, 0.15) is 13.2 Å². The molecule has 0 aromatic heterocycles. The molecule has 1 aliphatic heterocycles. The van der Waals surface area contributed by atoms with Crippen molar-refractivity contribution in [3.05, 3.63) is 17.7 Å². The third-order valence-corrected chi connectivity index (χ3v) is 4.65. The molecule has 2 aliphatic rings. The van der Waals surface area contributed by atoms with Crippen molar-refractivity contribution >= 4 is 9.84 Å². The summed E-state index contributed by atoms with van der Waals surface area (Å²) < 4.78 is 34.6. The van der Waals surface area contributed by atoms with Gasteiger partial charge in [-0.05, 0) is 24.5 Å². The number of benzene rings is 1. The van der Waals surface area contributed by atoms with Crippen LogP contribution in [0.25, 0.3) is 0 Å². The Labute approximate surface area is 112 Å². The van der Waals surface area contributed by atoms with E-state index in [1.165, 1.54) is 12.3 Å². The third-order valence-electron chi connectivity index (χ3n) is 3.47. The lowest BCUT2D eigenvalue weighted by Crippen LogP contribution is -2.18. The molecule has 5 nitrogen and oxygen atoms in total. The second-order valence-electron chi connectivity index (χ2n) is 5.28. The van der Waals surface area contributed by atoms with Gasteiger partial charge < -0.3 is 14.6 Å². The molecule has 104 valence electrons. The Balaban J connectivity index is 2.09. The molecule has 3 rings (SSSR count). The molecule has 1 heterocycles. The fraction of sp³-hybridized carbons (Fsp3) is 0.538. The molecule has 1 fully saturated rings. The van der Waals surface area contributed by atoms with Crippen LogP contribution in [0.1, 0.15) is 18.4 Å². The first kappa shape index (κ1) is 12.7. The number of rotatable bonds is 3. The van der Waals surface area contributed by atoms with Crippen LogP contribution in [0.15, 0.2) is 17.0 Å². The third kappa shape index (κ3) is 2.55. The van der Waals surface area contributed by atoms with Crippen LogP contribution in [0.2, 0.25) is 0 Å². The van der Waals surface area contributed by atoms with Crippen molar-refractivity contribution in [2.24, 2.45) is 0 Å². The van der Waals surface area contributed by atoms with Crippen molar-refractivity contribution in [3.8, 4) is 11.5 Å². The molecule has 19 heavy (non-hydrogen) atoms. The maximum atomic E-state index is 11.9. The summed E-state index contributed by atoms with van der Waals surface area (Å²) in [5.41, 5.74) is -0.143. The van der Waals surface area contributed by atoms with Gasteiger partial charge in [0.15, 0.2) is 21.3 Å². The van der Waals surface area contributed by atoms with Gasteiger partial charge in [0, 0.05) is 18.7 Å². The van der Waals surface area contributed by atoms with Crippen LogP contribution >= 0.6 is 0 Å². The summed E-state index contributed by atoms with van der Waals surface area (Å²) in [5.74, 6) is 1.01. The Morgan fingerprint density at radius 2 is 1.79 bits per heavy atom. The first-order valence-corrected chi connectivity index (χ1v) is 8.12. The van der Waals surface area contributed by atoms with Gasteiger partial charge in [-0.3, -0.25) is 0 Å². The molecule has 6 heteroatoms. The summed E-state index contributed by atoms with van der Waals surface area (Å²) in [4.78, 5) is 0.220. The van der Waals surface area contributed by atoms with Gasteiger partial charge in [-0.1, -0.05) is 0 Å². The highest BCUT2D eigenvalue weighted by Crippen LogP contribution is 2.42. The number of hydrogen-bond donors (Lipinski definition) is 1. The second-order valence-corrected chi connectivity index (χ2v) is 7.26. The maximum absolute atomic E-state index is 11.9. The van der Waals surface area contributed by atoms with E-state index in [-0.39, 0.29) is 4.90 Å². The van der Waals surface area contributed by atoms with Crippen LogP contribution in [0, 0.1) is 0 Å². The summed E-state index contributed by atoms with van der Waals surface area (Å²) in [5, 5.41) is 10.0. The van der Waals surface area contributed by atoms with E-state index in [9.17, 15) is 13.5 Å². The minimum atomic E-state index is -3.36. The SMILES string of the molecule is CS(=O)(=O)c1cc2c(cc1CC1(O)CC1)OCCO2. The van der Waals surface area contributed by atoms with Gasteiger partial charge in [0.05, 0.1) is 10.5 Å². The fourth-order valence-corrected chi connectivity index (χ4v) is 3.20. The zero-order chi connectivity index (χ0) is 13.7. The predicted molar refractivity (Wildman–Crippen MR) is 68.4 cm³/mol. The molecule has 1 aromatic rings. The fourth-order valence-electron chi connectivity index (χ4n) is 2.27. The lowest BCUT2D eigenvalue weighted by atomic mass is 10.1. The highest BCUT2D eigenvalue weighted by molar-refractivity contribution is 7.90. The quantitative estimate of drug-likeness (QED) is 0.894. The molecule has 0 amide bonds. The van der Waals surface area contributed by atoms with E-state index in [1.54, 1.807) is 6.07 Å². The largest absolute Gasteiger partial charge is 0.486 e. The topological polar surface area (TPSA) is 72.8 Å². The Kier molecular flexibility index (Phi) is 2.76. The van der Waals surface area contributed by atoms with Crippen LogP contribution in [-0.2, 0) is 16.3 Å². The minimum absolute atomic E-state index is 0.220. The van der Waals surface area contributed by atoms with Gasteiger partial charge in [0.25, 0.3) is 0 Å². The standard InChI is InChI=1S/C13H16O5S/c1-19(15,16)12-7-11-10(17-4-5-18-11)6-9(12)8-13(14)2-3-13/h6-7,14H,2-5,8H2,1H3. The zero-order valence-corrected chi connectivity index (χ0v) is 11.5. The Bertz CT molecular complexity index is 616. The summed E-state index contributed by atoms with van der Waals surface area (Å²) >= 11 is 0. The molecule has 1 N–H and O–H groups in total. The number of fused-ring (bicyclic) bond motifs is 1. The van der Waals surface area contributed by atoms with Crippen LogP contribution < -0.4 is 9.47 Å². The average Bonchev–Trinajstić information content (AvgIpc) is 3.04. The normalized spacial score (nSPS) is 20.1. The molecule has 1 aliphatic carbocycles. The second kappa shape index (κ2) is 4.11. The van der Waals surface area contributed by atoms with Crippen molar-refractivity contribution in [2.75, 3.05) is 19.5 Å². The first-order valence-electron chi connectivity index (χ1n) is 6.22. The van der Waals surface area contributed by atoms with E-state index in [0.29, 0.717) is 49.5 Å². The molecule has 0 bridgehead atoms. The minimum Gasteiger partial charge on any atom is -0.486 e. The smallest absolute Gasteiger partial charge is 0.175 e. The molecule has 0 spiro atoms. The maximum Gasteiger partial charge on any atom is 0.175 e. The van der Waals surface area contributed by atoms with E-state index in [4.69, 9.17) is 9.47 Å². The van der Waals surface area contributed by atoms with E-state index in [2.05, 4.69) is 0 Å². The monoisotopic (exact) mass is 284 g/mol. The highest BCUT2D eigenvalue weighted by atomic mass is 32.2. The number of ether oxygens (including phenoxy) is 2. The van der Waals surface area contributed by atoms with Crippen molar-refractivity contribution in [1.29, 1.82) is 0 Å². The Morgan fingerprint density at radius 1 is 1.21 bits per heavy atom. The van der Waals surface area contributed by atoms with Gasteiger partial charge in [-0.2, -0.15) is 0 Å². The van der Waals surface area contributed by atoms with Crippen molar-refractivity contribution < 1.29 is 23.0 Å². The predicted octanol–water partition coefficient (Wildman–Crippen LogP) is 0.929. The van der Waals surface area contributed by atoms with Gasteiger partial charge in [-0.15, -0.1) is 0 Å². The highest BCUT2D eigenvalue weighted by Gasteiger charge is 2.41. The number of hydrogen-bond acceptors (Lipinski definition) is 5. The number of aliphatic hydroxyl groups is 1. The lowest BCUT2D eigenvalue weighted by Gasteiger charge is -2.21.